The Hall–Kier alpha value is -0.590. The van der Waals surface area contributed by atoms with Gasteiger partial charge in [-0.3, -0.25) is 4.90 Å². The lowest BCUT2D eigenvalue weighted by molar-refractivity contribution is 0.171. The Morgan fingerprint density at radius 3 is 2.84 bits per heavy atom. The molecule has 0 aliphatic carbocycles. The first kappa shape index (κ1) is 16.5. The van der Waals surface area contributed by atoms with Gasteiger partial charge >= 0.3 is 0 Å². The van der Waals surface area contributed by atoms with E-state index in [1.165, 1.54) is 0 Å². The third-order valence-electron chi connectivity index (χ3n) is 3.08. The van der Waals surface area contributed by atoms with Crippen LogP contribution in [0.4, 0.5) is 0 Å². The van der Waals surface area contributed by atoms with E-state index in [2.05, 4.69) is 27.6 Å². The number of hydrogen-bond acceptors (Lipinski definition) is 5. The molecule has 1 aliphatic heterocycles. The Kier molecular flexibility index (Phi) is 6.29. The summed E-state index contributed by atoms with van der Waals surface area (Å²) in [6.45, 7) is 3.08. The van der Waals surface area contributed by atoms with Crippen LogP contribution in [-0.2, 0) is 6.54 Å². The van der Waals surface area contributed by atoms with E-state index in [9.17, 15) is 0 Å². The number of nitrogens with one attached hydrogen (secondary N) is 1. The van der Waals surface area contributed by atoms with Gasteiger partial charge in [0.2, 0.25) is 0 Å². The molecule has 1 aliphatic rings. The molecule has 1 saturated heterocycles. The molecule has 3 heterocycles. The molecule has 106 valence electrons. The van der Waals surface area contributed by atoms with Gasteiger partial charge in [-0.05, 0) is 19.2 Å². The van der Waals surface area contributed by atoms with E-state index >= 15 is 0 Å². The molecule has 7 heteroatoms. The third kappa shape index (κ3) is 3.70. The lowest BCUT2D eigenvalue weighted by Gasteiger charge is -2.35. The van der Waals surface area contributed by atoms with Crippen molar-refractivity contribution in [2.45, 2.75) is 12.6 Å². The summed E-state index contributed by atoms with van der Waals surface area (Å²) < 4.78 is 5.34. The van der Waals surface area contributed by atoms with Crippen molar-refractivity contribution < 1.29 is 4.42 Å². The van der Waals surface area contributed by atoms with Crippen molar-refractivity contribution in [2.24, 2.45) is 0 Å². The van der Waals surface area contributed by atoms with Gasteiger partial charge in [-0.25, -0.2) is 4.98 Å². The zero-order valence-electron chi connectivity index (χ0n) is 10.5. The minimum Gasteiger partial charge on any atom is -0.462 e. The third-order valence-corrected chi connectivity index (χ3v) is 3.98. The molecule has 0 unspecified atom stereocenters. The van der Waals surface area contributed by atoms with Gasteiger partial charge in [-0.1, -0.05) is 0 Å². The van der Waals surface area contributed by atoms with Crippen molar-refractivity contribution in [2.75, 3.05) is 20.1 Å². The van der Waals surface area contributed by atoms with Crippen molar-refractivity contribution in [3.8, 4) is 10.8 Å². The van der Waals surface area contributed by atoms with Crippen LogP contribution in [0.2, 0.25) is 0 Å². The zero-order valence-corrected chi connectivity index (χ0v) is 13.0. The normalized spacial score (nSPS) is 14.6. The van der Waals surface area contributed by atoms with Gasteiger partial charge in [0, 0.05) is 31.1 Å². The number of furan rings is 1. The Bertz CT molecular complexity index is 485. The summed E-state index contributed by atoms with van der Waals surface area (Å²) in [6, 6.07) is 4.49. The van der Waals surface area contributed by atoms with E-state index in [1.807, 2.05) is 12.1 Å². The van der Waals surface area contributed by atoms with Gasteiger partial charge in [-0.15, -0.1) is 36.2 Å². The van der Waals surface area contributed by atoms with E-state index in [0.717, 1.165) is 36.1 Å². The second-order valence-electron chi connectivity index (χ2n) is 4.35. The van der Waals surface area contributed by atoms with E-state index in [4.69, 9.17) is 4.42 Å². The molecule has 3 rings (SSSR count). The maximum atomic E-state index is 5.34. The van der Waals surface area contributed by atoms with Gasteiger partial charge in [0.1, 0.15) is 0 Å². The molecule has 2 aromatic rings. The highest BCUT2D eigenvalue weighted by molar-refractivity contribution is 7.13. The molecule has 0 aromatic carbocycles. The maximum Gasteiger partial charge on any atom is 0.162 e. The quantitative estimate of drug-likeness (QED) is 0.940. The predicted octanol–water partition coefficient (Wildman–Crippen LogP) is 2.65. The van der Waals surface area contributed by atoms with E-state index in [1.54, 1.807) is 17.6 Å². The maximum absolute atomic E-state index is 5.34. The molecule has 1 N–H and O–H groups in total. The summed E-state index contributed by atoms with van der Waals surface area (Å²) in [5, 5.41) is 6.36. The van der Waals surface area contributed by atoms with Crippen molar-refractivity contribution in [1.29, 1.82) is 0 Å². The Labute approximate surface area is 129 Å². The molecule has 0 bridgehead atoms. The average Bonchev–Trinajstić information content (AvgIpc) is 2.82. The van der Waals surface area contributed by atoms with E-state index in [0.29, 0.717) is 6.04 Å². The highest BCUT2D eigenvalue weighted by Gasteiger charge is 2.22. The highest BCUT2D eigenvalue weighted by atomic mass is 35.5. The molecule has 0 spiro atoms. The van der Waals surface area contributed by atoms with Crippen LogP contribution >= 0.6 is 36.2 Å². The van der Waals surface area contributed by atoms with Crippen LogP contribution in [0.3, 0.4) is 0 Å². The molecule has 0 atom stereocenters. The highest BCUT2D eigenvalue weighted by Crippen LogP contribution is 2.24. The summed E-state index contributed by atoms with van der Waals surface area (Å²) in [6.07, 6.45) is 1.68. The van der Waals surface area contributed by atoms with Crippen LogP contribution in [0.1, 0.15) is 5.69 Å². The lowest BCUT2D eigenvalue weighted by Crippen LogP contribution is -2.55. The second kappa shape index (κ2) is 7.26. The van der Waals surface area contributed by atoms with Crippen LogP contribution < -0.4 is 5.32 Å². The first-order valence-electron chi connectivity index (χ1n) is 5.72. The molecule has 2 aromatic heterocycles. The monoisotopic (exact) mass is 321 g/mol. The predicted molar refractivity (Wildman–Crippen MR) is 82.4 cm³/mol. The molecule has 19 heavy (non-hydrogen) atoms. The van der Waals surface area contributed by atoms with E-state index < -0.39 is 0 Å². The van der Waals surface area contributed by atoms with Crippen LogP contribution in [0, 0.1) is 0 Å². The fourth-order valence-electron chi connectivity index (χ4n) is 1.86. The Morgan fingerprint density at radius 1 is 1.47 bits per heavy atom. The molecular formula is C12H17Cl2N3OS. The molecular weight excluding hydrogens is 305 g/mol. The number of aromatic nitrogens is 1. The summed E-state index contributed by atoms with van der Waals surface area (Å²) in [4.78, 5) is 6.94. The minimum absolute atomic E-state index is 0. The fraction of sp³-hybridized carbons (Fsp3) is 0.417. The van der Waals surface area contributed by atoms with Crippen LogP contribution in [0.5, 0.6) is 0 Å². The molecule has 0 saturated carbocycles. The van der Waals surface area contributed by atoms with Crippen LogP contribution in [0.25, 0.3) is 10.8 Å². The van der Waals surface area contributed by atoms with Crippen LogP contribution in [-0.4, -0.2) is 36.1 Å². The number of halogens is 2. The average molecular weight is 322 g/mol. The molecule has 0 radical (unpaired) electrons. The molecule has 1 fully saturated rings. The topological polar surface area (TPSA) is 41.3 Å². The van der Waals surface area contributed by atoms with Gasteiger partial charge in [0.05, 0.1) is 12.0 Å². The van der Waals surface area contributed by atoms with Gasteiger partial charge in [0.25, 0.3) is 0 Å². The minimum atomic E-state index is 0. The summed E-state index contributed by atoms with van der Waals surface area (Å²) in [7, 11) is 2.15. The van der Waals surface area contributed by atoms with Crippen LogP contribution in [0.15, 0.2) is 28.2 Å². The summed E-state index contributed by atoms with van der Waals surface area (Å²) in [5.74, 6) is 0.856. The first-order chi connectivity index (χ1) is 8.33. The number of thiazole rings is 1. The van der Waals surface area contributed by atoms with Crippen molar-refractivity contribution in [3.05, 3.63) is 29.5 Å². The van der Waals surface area contributed by atoms with E-state index in [-0.39, 0.29) is 24.8 Å². The first-order valence-corrected chi connectivity index (χ1v) is 6.60. The standard InChI is InChI=1S/C12H15N3OS.2ClH/c1-15(10-5-13-6-10)7-9-8-17-12(14-9)11-3-2-4-16-11;;/h2-4,8,10,13H,5-7H2,1H3;2*1H. The van der Waals surface area contributed by atoms with Crippen molar-refractivity contribution in [3.63, 3.8) is 0 Å². The fourth-order valence-corrected chi connectivity index (χ4v) is 2.64. The van der Waals surface area contributed by atoms with Crippen molar-refractivity contribution >= 4 is 36.2 Å². The van der Waals surface area contributed by atoms with Crippen molar-refractivity contribution in [1.82, 2.24) is 15.2 Å². The Balaban J connectivity index is 0.000000902. The number of nitrogens with zero attached hydrogens (tertiary/aromatic N) is 2. The smallest absolute Gasteiger partial charge is 0.162 e. The summed E-state index contributed by atoms with van der Waals surface area (Å²) in [5.41, 5.74) is 1.12. The molecule has 4 nitrogen and oxygen atoms in total. The Morgan fingerprint density at radius 2 is 2.26 bits per heavy atom. The summed E-state index contributed by atoms with van der Waals surface area (Å²) >= 11 is 1.64. The number of rotatable bonds is 4. The SMILES string of the molecule is CN(Cc1csc(-c2ccco2)n1)C1CNC1.Cl.Cl. The largest absolute Gasteiger partial charge is 0.462 e. The van der Waals surface area contributed by atoms with Gasteiger partial charge in [-0.2, -0.15) is 0 Å². The number of hydrogen-bond donors (Lipinski definition) is 1. The lowest BCUT2D eigenvalue weighted by atomic mass is 10.1. The zero-order chi connectivity index (χ0) is 11.7. The number of likely N-dealkylation sites (N-methyl/N-ethyl adjacent to an activating group) is 1. The molecule has 0 amide bonds. The second-order valence-corrected chi connectivity index (χ2v) is 5.21. The van der Waals surface area contributed by atoms with Gasteiger partial charge in [0.15, 0.2) is 10.8 Å². The van der Waals surface area contributed by atoms with Gasteiger partial charge < -0.3 is 9.73 Å².